The van der Waals surface area contributed by atoms with Crippen molar-refractivity contribution in [2.75, 3.05) is 5.32 Å². The first-order valence-electron chi connectivity index (χ1n) is 4.99. The Hall–Kier alpha value is -1.09. The summed E-state index contributed by atoms with van der Waals surface area (Å²) in [5.74, 6) is 3.11. The molecule has 1 amide bonds. The molecule has 1 heterocycles. The minimum absolute atomic E-state index is 0.0344. The number of carbonyl (C=O) groups excluding carboxylic acids is 1. The normalized spacial score (nSPS) is 9.56. The van der Waals surface area contributed by atoms with Gasteiger partial charge in [-0.05, 0) is 42.0 Å². The topological polar surface area (TPSA) is 42.0 Å². The van der Waals surface area contributed by atoms with Gasteiger partial charge in [-0.2, -0.15) is 0 Å². The van der Waals surface area contributed by atoms with Crippen LogP contribution in [0.2, 0.25) is 0 Å². The predicted molar refractivity (Wildman–Crippen MR) is 73.0 cm³/mol. The second-order valence-corrected chi connectivity index (χ2v) is 4.53. The molecule has 1 rings (SSSR count). The number of aromatic nitrogens is 1. The van der Waals surface area contributed by atoms with E-state index in [-0.39, 0.29) is 5.91 Å². The highest BCUT2D eigenvalue weighted by atomic mass is 127. The second-order valence-electron chi connectivity index (χ2n) is 3.37. The molecule has 0 spiro atoms. The number of anilines is 1. The van der Waals surface area contributed by atoms with Gasteiger partial charge in [-0.25, -0.2) is 4.98 Å². The monoisotopic (exact) mass is 328 g/mol. The number of hydrogen-bond acceptors (Lipinski definition) is 2. The van der Waals surface area contributed by atoms with Crippen LogP contribution in [0.4, 0.5) is 5.82 Å². The highest BCUT2D eigenvalue weighted by molar-refractivity contribution is 14.1. The van der Waals surface area contributed by atoms with E-state index < -0.39 is 0 Å². The van der Waals surface area contributed by atoms with E-state index in [9.17, 15) is 4.79 Å². The van der Waals surface area contributed by atoms with E-state index in [4.69, 9.17) is 6.42 Å². The first-order chi connectivity index (χ1) is 7.65. The van der Waals surface area contributed by atoms with E-state index in [0.29, 0.717) is 25.1 Å². The molecule has 0 atom stereocenters. The molecule has 0 aliphatic heterocycles. The molecule has 0 unspecified atom stereocenters. The average molecular weight is 328 g/mol. The number of halogens is 1. The number of nitrogens with zero attached hydrogens (tertiary/aromatic N) is 1. The van der Waals surface area contributed by atoms with Crippen molar-refractivity contribution in [1.82, 2.24) is 4.98 Å². The van der Waals surface area contributed by atoms with Gasteiger partial charge in [0.1, 0.15) is 5.82 Å². The van der Waals surface area contributed by atoms with Gasteiger partial charge in [-0.3, -0.25) is 4.79 Å². The summed E-state index contributed by atoms with van der Waals surface area (Å²) in [4.78, 5) is 15.7. The third kappa shape index (κ3) is 3.81. The van der Waals surface area contributed by atoms with E-state index in [0.717, 1.165) is 9.13 Å². The lowest BCUT2D eigenvalue weighted by molar-refractivity contribution is -0.116. The van der Waals surface area contributed by atoms with Crippen LogP contribution in [0.1, 0.15) is 24.8 Å². The molecule has 84 valence electrons. The van der Waals surface area contributed by atoms with Crippen LogP contribution in [0.25, 0.3) is 0 Å². The highest BCUT2D eigenvalue weighted by Gasteiger charge is 2.07. The Morgan fingerprint density at radius 1 is 1.69 bits per heavy atom. The maximum absolute atomic E-state index is 11.5. The maximum Gasteiger partial charge on any atom is 0.225 e. The number of carbonyl (C=O) groups is 1. The van der Waals surface area contributed by atoms with Gasteiger partial charge in [0.05, 0.1) is 0 Å². The zero-order chi connectivity index (χ0) is 12.0. The number of nitrogens with one attached hydrogen (secondary N) is 1. The Morgan fingerprint density at radius 3 is 3.12 bits per heavy atom. The van der Waals surface area contributed by atoms with E-state index >= 15 is 0 Å². The summed E-state index contributed by atoms with van der Waals surface area (Å²) in [6.07, 6.45) is 8.59. The van der Waals surface area contributed by atoms with Crippen molar-refractivity contribution in [1.29, 1.82) is 0 Å². The lowest BCUT2D eigenvalue weighted by atomic mass is 10.2. The SMILES string of the molecule is C#CCCCC(=O)Nc1nccc(I)c1C. The lowest BCUT2D eigenvalue weighted by Crippen LogP contribution is -2.13. The number of unbranched alkanes of at least 4 members (excludes halogenated alkanes) is 1. The molecule has 1 aromatic rings. The number of rotatable bonds is 4. The van der Waals surface area contributed by atoms with Gasteiger partial charge in [0.2, 0.25) is 5.91 Å². The van der Waals surface area contributed by atoms with Gasteiger partial charge in [0.15, 0.2) is 0 Å². The molecule has 0 saturated carbocycles. The zero-order valence-corrected chi connectivity index (χ0v) is 11.2. The molecule has 1 N–H and O–H groups in total. The standard InChI is InChI=1S/C12H13IN2O/c1-3-4-5-6-11(16)15-12-9(2)10(13)7-8-14-12/h1,7-8H,4-6H2,2H3,(H,14,15,16). The van der Waals surface area contributed by atoms with Gasteiger partial charge in [-0.15, -0.1) is 12.3 Å². The molecule has 1 aromatic heterocycles. The van der Waals surface area contributed by atoms with Crippen LogP contribution in [0.15, 0.2) is 12.3 Å². The van der Waals surface area contributed by atoms with Crippen molar-refractivity contribution in [2.45, 2.75) is 26.2 Å². The third-order valence-electron chi connectivity index (χ3n) is 2.12. The van der Waals surface area contributed by atoms with Crippen molar-refractivity contribution in [2.24, 2.45) is 0 Å². The van der Waals surface area contributed by atoms with Crippen molar-refractivity contribution in [3.8, 4) is 12.3 Å². The fraction of sp³-hybridized carbons (Fsp3) is 0.333. The van der Waals surface area contributed by atoms with Gasteiger partial charge in [0.25, 0.3) is 0 Å². The van der Waals surface area contributed by atoms with E-state index in [1.165, 1.54) is 0 Å². The van der Waals surface area contributed by atoms with E-state index in [1.807, 2.05) is 13.0 Å². The summed E-state index contributed by atoms with van der Waals surface area (Å²) in [5, 5.41) is 2.79. The third-order valence-corrected chi connectivity index (χ3v) is 3.29. The first kappa shape index (κ1) is 13.0. The summed E-state index contributed by atoms with van der Waals surface area (Å²) in [7, 11) is 0. The van der Waals surface area contributed by atoms with Crippen molar-refractivity contribution >= 4 is 34.3 Å². The van der Waals surface area contributed by atoms with Crippen molar-refractivity contribution < 1.29 is 4.79 Å². The number of pyridine rings is 1. The molecule has 0 aliphatic carbocycles. The summed E-state index contributed by atoms with van der Waals surface area (Å²) >= 11 is 2.21. The lowest BCUT2D eigenvalue weighted by Gasteiger charge is -2.07. The molecule has 4 heteroatoms. The Morgan fingerprint density at radius 2 is 2.44 bits per heavy atom. The smallest absolute Gasteiger partial charge is 0.225 e. The Kier molecular flexibility index (Phi) is 5.26. The molecule has 0 bridgehead atoms. The first-order valence-corrected chi connectivity index (χ1v) is 6.07. The summed E-state index contributed by atoms with van der Waals surface area (Å²) < 4.78 is 1.09. The molecule has 3 nitrogen and oxygen atoms in total. The zero-order valence-electron chi connectivity index (χ0n) is 9.09. The van der Waals surface area contributed by atoms with Crippen LogP contribution >= 0.6 is 22.6 Å². The van der Waals surface area contributed by atoms with Gasteiger partial charge in [0, 0.05) is 28.2 Å². The largest absolute Gasteiger partial charge is 0.310 e. The Bertz CT molecular complexity index is 424. The molecule has 0 saturated heterocycles. The summed E-state index contributed by atoms with van der Waals surface area (Å²) in [5.41, 5.74) is 0.994. The van der Waals surface area contributed by atoms with Crippen molar-refractivity contribution in [3.05, 3.63) is 21.4 Å². The van der Waals surface area contributed by atoms with Crippen molar-refractivity contribution in [3.63, 3.8) is 0 Å². The molecule has 0 aromatic carbocycles. The minimum atomic E-state index is -0.0344. The van der Waals surface area contributed by atoms with E-state index in [2.05, 4.69) is 38.8 Å². The maximum atomic E-state index is 11.5. The highest BCUT2D eigenvalue weighted by Crippen LogP contribution is 2.17. The number of amides is 1. The van der Waals surface area contributed by atoms with Crippen LogP contribution in [0.3, 0.4) is 0 Å². The van der Waals surface area contributed by atoms with Gasteiger partial charge < -0.3 is 5.32 Å². The molecule has 0 fully saturated rings. The Balaban J connectivity index is 2.57. The van der Waals surface area contributed by atoms with Crippen LogP contribution in [0.5, 0.6) is 0 Å². The minimum Gasteiger partial charge on any atom is -0.310 e. The van der Waals surface area contributed by atoms with Gasteiger partial charge in [-0.1, -0.05) is 0 Å². The molecular weight excluding hydrogens is 315 g/mol. The van der Waals surface area contributed by atoms with Gasteiger partial charge >= 0.3 is 0 Å². The molecule has 0 radical (unpaired) electrons. The quantitative estimate of drug-likeness (QED) is 0.525. The fourth-order valence-corrected chi connectivity index (χ4v) is 1.60. The molecular formula is C12H13IN2O. The van der Waals surface area contributed by atoms with E-state index in [1.54, 1.807) is 6.20 Å². The van der Waals surface area contributed by atoms with Crippen LogP contribution in [0, 0.1) is 22.8 Å². The Labute approximate surface area is 109 Å². The summed E-state index contributed by atoms with van der Waals surface area (Å²) in [6, 6.07) is 1.91. The van der Waals surface area contributed by atoms with Crippen LogP contribution < -0.4 is 5.32 Å². The fourth-order valence-electron chi connectivity index (χ4n) is 1.18. The number of hydrogen-bond donors (Lipinski definition) is 1. The second kappa shape index (κ2) is 6.48. The average Bonchev–Trinajstić information content (AvgIpc) is 2.25. The summed E-state index contributed by atoms with van der Waals surface area (Å²) in [6.45, 7) is 1.94. The predicted octanol–water partition coefficient (Wildman–Crippen LogP) is 2.74. The molecule has 0 aliphatic rings. The molecule has 16 heavy (non-hydrogen) atoms. The number of terminal acetylenes is 1. The van der Waals surface area contributed by atoms with Crippen LogP contribution in [-0.4, -0.2) is 10.9 Å². The van der Waals surface area contributed by atoms with Crippen LogP contribution in [-0.2, 0) is 4.79 Å².